The minimum Gasteiger partial charge on any atom is -0.463 e. The fourth-order valence-electron chi connectivity index (χ4n) is 7.24. The van der Waals surface area contributed by atoms with Gasteiger partial charge < -0.3 is 24.3 Å². The number of aryl methyl sites for hydroxylation is 1. The molecule has 0 N–H and O–H groups in total. The Hall–Kier alpha value is -3.78. The quantitative estimate of drug-likeness (QED) is 0.376. The van der Waals surface area contributed by atoms with E-state index < -0.39 is 17.8 Å². The molecule has 1 aromatic carbocycles. The summed E-state index contributed by atoms with van der Waals surface area (Å²) in [7, 11) is 4.16. The van der Waals surface area contributed by atoms with Gasteiger partial charge >= 0.3 is 6.01 Å². The third kappa shape index (κ3) is 6.80. The first kappa shape index (κ1) is 31.6. The van der Waals surface area contributed by atoms with Gasteiger partial charge in [-0.05, 0) is 58.3 Å². The first-order chi connectivity index (χ1) is 21.1. The van der Waals surface area contributed by atoms with Gasteiger partial charge in [0.25, 0.3) is 5.91 Å². The van der Waals surface area contributed by atoms with Crippen LogP contribution in [0.1, 0.15) is 55.3 Å². The molecule has 0 spiro atoms. The zero-order chi connectivity index (χ0) is 31.4. The van der Waals surface area contributed by atoms with Crippen molar-refractivity contribution in [1.29, 1.82) is 5.26 Å². The minimum absolute atomic E-state index is 0.0226. The van der Waals surface area contributed by atoms with Crippen molar-refractivity contribution in [1.82, 2.24) is 19.8 Å². The number of ether oxygens (including phenoxy) is 1. The van der Waals surface area contributed by atoms with Crippen LogP contribution in [0.25, 0.3) is 0 Å². The number of fused-ring (bicyclic) bond motifs is 1. The van der Waals surface area contributed by atoms with Gasteiger partial charge in [-0.3, -0.25) is 4.79 Å². The predicted octanol–water partition coefficient (Wildman–Crippen LogP) is 4.79. The molecule has 2 aliphatic heterocycles. The summed E-state index contributed by atoms with van der Waals surface area (Å²) in [6.07, 6.45) is 6.00. The molecule has 1 atom stereocenters. The Labute approximate surface area is 259 Å². The lowest BCUT2D eigenvalue weighted by molar-refractivity contribution is -0.131. The normalized spacial score (nSPS) is 19.8. The van der Waals surface area contributed by atoms with E-state index in [2.05, 4.69) is 36.5 Å². The fraction of sp³-hybridized carbons (Fsp3) is 0.576. The highest BCUT2D eigenvalue weighted by molar-refractivity contribution is 5.91. The Morgan fingerprint density at radius 2 is 1.95 bits per heavy atom. The molecule has 1 saturated carbocycles. The number of anilines is 2. The maximum atomic E-state index is 15.1. The summed E-state index contributed by atoms with van der Waals surface area (Å²) in [6, 6.07) is 7.03. The van der Waals surface area contributed by atoms with Crippen LogP contribution >= 0.6 is 0 Å². The molecule has 1 amide bonds. The monoisotopic (exact) mass is 607 g/mol. The number of hydrogen-bond donors (Lipinski definition) is 0. The molecule has 236 valence electrons. The molecule has 3 heterocycles. The molecule has 2 fully saturated rings. The summed E-state index contributed by atoms with van der Waals surface area (Å²) >= 11 is 0. The maximum absolute atomic E-state index is 15.1. The third-order valence-electron chi connectivity index (χ3n) is 9.18. The molecule has 1 aromatic heterocycles. The van der Waals surface area contributed by atoms with Gasteiger partial charge in [0.1, 0.15) is 11.6 Å². The number of nitrogens with zero attached hydrogens (tertiary/aromatic N) is 7. The summed E-state index contributed by atoms with van der Waals surface area (Å²) in [5.74, 6) is -1.37. The summed E-state index contributed by atoms with van der Waals surface area (Å²) < 4.78 is 35.4. The molecular formula is C33H43F2N7O2. The highest BCUT2D eigenvalue weighted by atomic mass is 19.1. The van der Waals surface area contributed by atoms with Crippen molar-refractivity contribution in [2.45, 2.75) is 64.5 Å². The number of amides is 1. The van der Waals surface area contributed by atoms with E-state index >= 15 is 4.39 Å². The number of carbonyl (C=O) groups is 1. The smallest absolute Gasteiger partial charge is 0.318 e. The second-order valence-corrected chi connectivity index (χ2v) is 12.8. The van der Waals surface area contributed by atoms with Crippen molar-refractivity contribution in [3.63, 3.8) is 0 Å². The van der Waals surface area contributed by atoms with Crippen LogP contribution in [-0.4, -0.2) is 85.1 Å². The van der Waals surface area contributed by atoms with Crippen molar-refractivity contribution >= 4 is 17.4 Å². The average Bonchev–Trinajstić information content (AvgIpc) is 3.33. The molecule has 3 aliphatic rings. The topological polar surface area (TPSA) is 88.8 Å². The summed E-state index contributed by atoms with van der Waals surface area (Å²) in [5.41, 5.74) is 3.20. The highest BCUT2D eigenvalue weighted by Gasteiger charge is 2.37. The van der Waals surface area contributed by atoms with E-state index in [1.807, 2.05) is 17.9 Å². The van der Waals surface area contributed by atoms with Crippen LogP contribution in [-0.2, 0) is 17.8 Å². The van der Waals surface area contributed by atoms with Crippen LogP contribution in [0.5, 0.6) is 6.01 Å². The zero-order valence-electron chi connectivity index (χ0n) is 26.1. The molecule has 11 heteroatoms. The van der Waals surface area contributed by atoms with Gasteiger partial charge in [-0.2, -0.15) is 15.2 Å². The van der Waals surface area contributed by atoms with Crippen LogP contribution < -0.4 is 14.5 Å². The van der Waals surface area contributed by atoms with Crippen LogP contribution in [0.2, 0.25) is 0 Å². The van der Waals surface area contributed by atoms with Gasteiger partial charge in [-0.1, -0.05) is 31.6 Å². The van der Waals surface area contributed by atoms with E-state index in [0.717, 1.165) is 42.6 Å². The number of aromatic nitrogens is 2. The fourth-order valence-corrected chi connectivity index (χ4v) is 7.24. The Balaban J connectivity index is 1.51. The van der Waals surface area contributed by atoms with E-state index in [1.165, 1.54) is 23.8 Å². The van der Waals surface area contributed by atoms with Gasteiger partial charge in [-0.15, -0.1) is 0 Å². The van der Waals surface area contributed by atoms with Crippen molar-refractivity contribution in [2.24, 2.45) is 5.41 Å². The van der Waals surface area contributed by atoms with Crippen molar-refractivity contribution in [3.8, 4) is 12.1 Å². The zero-order valence-corrected chi connectivity index (χ0v) is 26.1. The lowest BCUT2D eigenvalue weighted by Crippen LogP contribution is -2.55. The van der Waals surface area contributed by atoms with Crippen LogP contribution in [0.4, 0.5) is 20.3 Å². The number of halogens is 2. The predicted molar refractivity (Wildman–Crippen MR) is 166 cm³/mol. The Morgan fingerprint density at radius 3 is 2.64 bits per heavy atom. The summed E-state index contributed by atoms with van der Waals surface area (Å²) in [6.45, 7) is 8.50. The van der Waals surface area contributed by atoms with Crippen molar-refractivity contribution in [3.05, 3.63) is 53.2 Å². The Morgan fingerprint density at radius 1 is 1.18 bits per heavy atom. The third-order valence-corrected chi connectivity index (χ3v) is 9.18. The number of rotatable bonds is 9. The number of benzene rings is 1. The van der Waals surface area contributed by atoms with E-state index in [4.69, 9.17) is 14.7 Å². The SMILES string of the molecule is C=C(F)C(=O)N1CCN(c2nc(OCC3(CN(C)C)CCCC3)nc3c2CCCN(c2c(C)cccc2F)C3)C[C@@H]1CC#N. The number of nitriles is 1. The Bertz CT molecular complexity index is 1400. The lowest BCUT2D eigenvalue weighted by Gasteiger charge is -2.41. The van der Waals surface area contributed by atoms with Gasteiger partial charge in [0.2, 0.25) is 0 Å². The number of carbonyl (C=O) groups excluding carboxylic acids is 1. The second kappa shape index (κ2) is 13.5. The molecule has 2 aromatic rings. The number of piperazine rings is 1. The van der Waals surface area contributed by atoms with Crippen LogP contribution in [0.3, 0.4) is 0 Å². The van der Waals surface area contributed by atoms with E-state index in [0.29, 0.717) is 50.7 Å². The van der Waals surface area contributed by atoms with Crippen LogP contribution in [0.15, 0.2) is 30.6 Å². The Kier molecular flexibility index (Phi) is 9.68. The summed E-state index contributed by atoms with van der Waals surface area (Å²) in [5, 5.41) is 9.52. The molecule has 0 radical (unpaired) electrons. The number of hydrogen-bond acceptors (Lipinski definition) is 8. The van der Waals surface area contributed by atoms with Crippen molar-refractivity contribution < 1.29 is 18.3 Å². The van der Waals surface area contributed by atoms with Crippen LogP contribution in [0, 0.1) is 29.5 Å². The molecule has 9 nitrogen and oxygen atoms in total. The van der Waals surface area contributed by atoms with E-state index in [-0.39, 0.29) is 30.2 Å². The standard InChI is InChI=1S/C33H43F2N7O2/c1-23-9-7-11-27(35)29(23)40-16-8-10-26-28(20-40)37-32(44-22-33(21-39(3)4)13-5-6-14-33)38-30(26)41-17-18-42(31(43)24(2)34)25(19-41)12-15-36/h7,9,11,25H,2,5-6,8,10,12-14,16-22H2,1,3-4H3/t25-/m0/s1. The first-order valence-corrected chi connectivity index (χ1v) is 15.6. The summed E-state index contributed by atoms with van der Waals surface area (Å²) in [4.78, 5) is 30.2. The van der Waals surface area contributed by atoms with Gasteiger partial charge in [0, 0.05) is 43.7 Å². The molecule has 5 rings (SSSR count). The van der Waals surface area contributed by atoms with Gasteiger partial charge in [0.15, 0.2) is 5.83 Å². The highest BCUT2D eigenvalue weighted by Crippen LogP contribution is 2.39. The molecule has 0 bridgehead atoms. The molecule has 1 aliphatic carbocycles. The maximum Gasteiger partial charge on any atom is 0.318 e. The van der Waals surface area contributed by atoms with Gasteiger partial charge in [-0.25, -0.2) is 8.78 Å². The second-order valence-electron chi connectivity index (χ2n) is 12.8. The lowest BCUT2D eigenvalue weighted by atomic mass is 9.87. The first-order valence-electron chi connectivity index (χ1n) is 15.6. The average molecular weight is 608 g/mol. The molecular weight excluding hydrogens is 564 g/mol. The molecule has 0 unspecified atom stereocenters. The number of para-hydroxylation sites is 1. The van der Waals surface area contributed by atoms with Crippen molar-refractivity contribution in [2.75, 3.05) is 63.2 Å². The van der Waals surface area contributed by atoms with E-state index in [1.54, 1.807) is 6.07 Å². The minimum atomic E-state index is -1.03. The van der Waals surface area contributed by atoms with Gasteiger partial charge in [0.05, 0.1) is 43.1 Å². The molecule has 44 heavy (non-hydrogen) atoms. The largest absolute Gasteiger partial charge is 0.463 e. The van der Waals surface area contributed by atoms with E-state index in [9.17, 15) is 14.4 Å². The molecule has 1 saturated heterocycles.